The smallest absolute Gasteiger partial charge is 0.491 e. The van der Waals surface area contributed by atoms with Crippen LogP contribution in [-0.4, -0.2) is 29.2 Å². The van der Waals surface area contributed by atoms with E-state index in [1.54, 1.807) is 12.1 Å². The highest BCUT2D eigenvalue weighted by Gasteiger charge is 2.52. The zero-order chi connectivity index (χ0) is 18.9. The van der Waals surface area contributed by atoms with E-state index in [9.17, 15) is 5.11 Å². The number of hydrogen-bond donors (Lipinski definition) is 2. The highest BCUT2D eigenvalue weighted by Crippen LogP contribution is 2.39. The van der Waals surface area contributed by atoms with E-state index in [-0.39, 0.29) is 24.1 Å². The molecule has 0 spiro atoms. The van der Waals surface area contributed by atoms with Crippen LogP contribution < -0.4 is 0 Å². The van der Waals surface area contributed by atoms with Crippen LogP contribution in [0.2, 0.25) is 0 Å². The van der Waals surface area contributed by atoms with Gasteiger partial charge < -0.3 is 14.4 Å². The molecule has 1 aliphatic rings. The lowest BCUT2D eigenvalue weighted by molar-refractivity contribution is 0.00578. The fraction of sp³-hybridized carbons (Fsp3) is 0.333. The van der Waals surface area contributed by atoms with Gasteiger partial charge in [-0.1, -0.05) is 42.5 Å². The highest BCUT2D eigenvalue weighted by atomic mass is 32.1. The average Bonchev–Trinajstić information content (AvgIpc) is 2.81. The van der Waals surface area contributed by atoms with Crippen molar-refractivity contribution in [2.45, 2.75) is 38.9 Å². The van der Waals surface area contributed by atoms with E-state index >= 15 is 0 Å². The van der Waals surface area contributed by atoms with Crippen LogP contribution in [0.15, 0.2) is 54.0 Å². The number of phenolic OH excluding ortho intramolecular Hbond substituents is 1. The van der Waals surface area contributed by atoms with E-state index in [0.717, 1.165) is 22.2 Å². The molecule has 3 nitrogen and oxygen atoms in total. The first-order valence-corrected chi connectivity index (χ1v) is 9.41. The molecule has 0 aliphatic carbocycles. The number of hydrogen-bond acceptors (Lipinski definition) is 4. The molecule has 0 unspecified atom stereocenters. The second-order valence-electron chi connectivity index (χ2n) is 7.63. The first kappa shape index (κ1) is 19.1. The lowest BCUT2D eigenvalue weighted by Crippen LogP contribution is -2.41. The Bertz CT molecular complexity index is 779. The van der Waals surface area contributed by atoms with E-state index in [1.165, 1.54) is 0 Å². The van der Waals surface area contributed by atoms with Gasteiger partial charge in [0.05, 0.1) is 11.2 Å². The summed E-state index contributed by atoms with van der Waals surface area (Å²) in [4.78, 5) is 0. The fourth-order valence-corrected chi connectivity index (χ4v) is 3.06. The highest BCUT2D eigenvalue weighted by molar-refractivity contribution is 7.80. The molecule has 1 N–H and O–H groups in total. The topological polar surface area (TPSA) is 38.7 Å². The van der Waals surface area contributed by atoms with E-state index in [4.69, 9.17) is 9.31 Å². The maximum absolute atomic E-state index is 9.41. The Balaban J connectivity index is 1.81. The molecule has 0 amide bonds. The number of rotatable bonds is 4. The van der Waals surface area contributed by atoms with Gasteiger partial charge in [0.25, 0.3) is 0 Å². The molecule has 5 heteroatoms. The van der Waals surface area contributed by atoms with Crippen molar-refractivity contribution < 1.29 is 14.4 Å². The van der Waals surface area contributed by atoms with Crippen molar-refractivity contribution in [3.63, 3.8) is 0 Å². The number of aromatic hydroxyl groups is 1. The third kappa shape index (κ3) is 3.85. The summed E-state index contributed by atoms with van der Waals surface area (Å²) >= 11 is 4.47. The molecular weight excluding hydrogens is 343 g/mol. The monoisotopic (exact) mass is 368 g/mol. The van der Waals surface area contributed by atoms with Crippen LogP contribution in [0.1, 0.15) is 33.3 Å². The first-order valence-electron chi connectivity index (χ1n) is 8.78. The molecule has 2 aromatic rings. The van der Waals surface area contributed by atoms with Crippen molar-refractivity contribution in [3.8, 4) is 16.9 Å². The quantitative estimate of drug-likeness (QED) is 0.589. The molecular formula is C21H25BO3S. The van der Waals surface area contributed by atoms with Crippen LogP contribution in [0.5, 0.6) is 5.75 Å². The minimum Gasteiger partial charge on any atom is -0.508 e. The predicted molar refractivity (Wildman–Crippen MR) is 111 cm³/mol. The maximum Gasteiger partial charge on any atom is 0.491 e. The minimum atomic E-state index is -0.380. The van der Waals surface area contributed by atoms with Crippen LogP contribution in [0.25, 0.3) is 17.2 Å². The number of thiol groups is 1. The third-order valence-electron chi connectivity index (χ3n) is 5.20. The molecule has 1 fully saturated rings. The van der Waals surface area contributed by atoms with Gasteiger partial charge in [-0.25, -0.2) is 0 Å². The van der Waals surface area contributed by atoms with Crippen LogP contribution in [0, 0.1) is 0 Å². The van der Waals surface area contributed by atoms with Gasteiger partial charge in [0, 0.05) is 5.75 Å². The summed E-state index contributed by atoms with van der Waals surface area (Å²) in [6.07, 6.45) is 2.08. The van der Waals surface area contributed by atoms with Gasteiger partial charge >= 0.3 is 7.12 Å². The van der Waals surface area contributed by atoms with Gasteiger partial charge in [-0.15, -0.1) is 0 Å². The zero-order valence-corrected chi connectivity index (χ0v) is 16.6. The largest absolute Gasteiger partial charge is 0.508 e. The maximum atomic E-state index is 9.41. The van der Waals surface area contributed by atoms with E-state index in [1.807, 2.05) is 12.1 Å². The SMILES string of the molecule is CC1(C)OB(C(=Cc2ccc(-c3ccc(O)cc3)cc2)CS)OC1(C)C. The molecule has 136 valence electrons. The molecule has 0 atom stereocenters. The third-order valence-corrected chi connectivity index (χ3v) is 5.57. The van der Waals surface area contributed by atoms with Gasteiger partial charge in [-0.3, -0.25) is 0 Å². The molecule has 0 saturated carbocycles. The van der Waals surface area contributed by atoms with E-state index in [0.29, 0.717) is 5.75 Å². The van der Waals surface area contributed by atoms with Gasteiger partial charge in [-0.05, 0) is 62.0 Å². The summed E-state index contributed by atoms with van der Waals surface area (Å²) in [6, 6.07) is 15.5. The second kappa shape index (κ2) is 7.14. The standard InChI is InChI=1S/C21H25BO3S/c1-20(2)21(3,4)25-22(24-20)18(14-26)13-15-5-7-16(8-6-15)17-9-11-19(23)12-10-17/h5-13,23,26H,14H2,1-4H3. The minimum absolute atomic E-state index is 0.272. The first-order chi connectivity index (χ1) is 12.2. The van der Waals surface area contributed by atoms with Crippen molar-refractivity contribution in [1.82, 2.24) is 0 Å². The summed E-state index contributed by atoms with van der Waals surface area (Å²) < 4.78 is 12.3. The van der Waals surface area contributed by atoms with Crippen molar-refractivity contribution in [1.29, 1.82) is 0 Å². The van der Waals surface area contributed by atoms with Crippen LogP contribution >= 0.6 is 12.6 Å². The zero-order valence-electron chi connectivity index (χ0n) is 15.7. The fourth-order valence-electron chi connectivity index (χ4n) is 2.82. The Morgan fingerprint density at radius 3 is 1.85 bits per heavy atom. The molecule has 1 heterocycles. The molecule has 3 rings (SSSR count). The second-order valence-corrected chi connectivity index (χ2v) is 7.95. The van der Waals surface area contributed by atoms with Gasteiger partial charge in [0.2, 0.25) is 0 Å². The van der Waals surface area contributed by atoms with Gasteiger partial charge in [0.1, 0.15) is 5.75 Å². The summed E-state index contributed by atoms with van der Waals surface area (Å²) in [5.74, 6) is 0.838. The Kier molecular flexibility index (Phi) is 5.24. The van der Waals surface area contributed by atoms with Gasteiger partial charge in [-0.2, -0.15) is 12.6 Å². The Morgan fingerprint density at radius 1 is 0.923 bits per heavy atom. The Hall–Kier alpha value is -1.69. The molecule has 1 saturated heterocycles. The van der Waals surface area contributed by atoms with Crippen LogP contribution in [0.3, 0.4) is 0 Å². The lowest BCUT2D eigenvalue weighted by Gasteiger charge is -2.32. The van der Waals surface area contributed by atoms with Crippen molar-refractivity contribution in [2.24, 2.45) is 0 Å². The van der Waals surface area contributed by atoms with Crippen molar-refractivity contribution >= 4 is 25.8 Å². The molecule has 1 aliphatic heterocycles. The molecule has 0 radical (unpaired) electrons. The van der Waals surface area contributed by atoms with Gasteiger partial charge in [0.15, 0.2) is 0 Å². The molecule has 2 aromatic carbocycles. The van der Waals surface area contributed by atoms with E-state index in [2.05, 4.69) is 70.7 Å². The Labute approximate surface area is 161 Å². The lowest BCUT2D eigenvalue weighted by atomic mass is 9.78. The van der Waals surface area contributed by atoms with Crippen molar-refractivity contribution in [2.75, 3.05) is 5.75 Å². The van der Waals surface area contributed by atoms with Crippen molar-refractivity contribution in [3.05, 3.63) is 59.6 Å². The van der Waals surface area contributed by atoms with Crippen LogP contribution in [0.4, 0.5) is 0 Å². The average molecular weight is 368 g/mol. The summed E-state index contributed by atoms with van der Waals surface area (Å²) in [7, 11) is -0.380. The Morgan fingerprint density at radius 2 is 1.38 bits per heavy atom. The predicted octanol–water partition coefficient (Wildman–Crippen LogP) is 5.00. The normalized spacial score (nSPS) is 19.0. The van der Waals surface area contributed by atoms with Crippen LogP contribution in [-0.2, 0) is 9.31 Å². The molecule has 0 aromatic heterocycles. The molecule has 0 bridgehead atoms. The number of benzene rings is 2. The van der Waals surface area contributed by atoms with E-state index < -0.39 is 0 Å². The summed E-state index contributed by atoms with van der Waals surface area (Å²) in [5.41, 5.74) is 3.53. The number of phenols is 1. The summed E-state index contributed by atoms with van der Waals surface area (Å²) in [5, 5.41) is 9.41. The summed E-state index contributed by atoms with van der Waals surface area (Å²) in [6.45, 7) is 8.20. The molecule has 26 heavy (non-hydrogen) atoms.